The Bertz CT molecular complexity index is 581. The molecule has 1 N–H and O–H groups in total. The summed E-state index contributed by atoms with van der Waals surface area (Å²) in [6.07, 6.45) is 1.99. The zero-order valence-corrected chi connectivity index (χ0v) is 13.6. The highest BCUT2D eigenvalue weighted by Crippen LogP contribution is 2.25. The number of hydrogen-bond donors (Lipinski definition) is 1. The first kappa shape index (κ1) is 16.0. The lowest BCUT2D eigenvalue weighted by Crippen LogP contribution is -2.21. The van der Waals surface area contributed by atoms with Gasteiger partial charge < -0.3 is 5.32 Å². The fraction of sp³-hybridized carbons (Fsp3) is 0.500. The van der Waals surface area contributed by atoms with Crippen molar-refractivity contribution in [2.45, 2.75) is 33.6 Å². The molecular formula is C16H22FN3S. The number of nitrogens with zero attached hydrogens (tertiary/aromatic N) is 2. The average molecular weight is 307 g/mol. The zero-order valence-electron chi connectivity index (χ0n) is 12.8. The van der Waals surface area contributed by atoms with Crippen molar-refractivity contribution in [1.29, 1.82) is 0 Å². The second-order valence-electron chi connectivity index (χ2n) is 5.67. The zero-order chi connectivity index (χ0) is 15.2. The lowest BCUT2D eigenvalue weighted by atomic mass is 10.1. The fourth-order valence-electron chi connectivity index (χ4n) is 2.00. The molecule has 0 fully saturated rings. The van der Waals surface area contributed by atoms with Gasteiger partial charge in [0.25, 0.3) is 0 Å². The summed E-state index contributed by atoms with van der Waals surface area (Å²) >= 11 is 1.59. The van der Waals surface area contributed by atoms with Gasteiger partial charge in [0.2, 0.25) is 0 Å². The van der Waals surface area contributed by atoms with E-state index >= 15 is 0 Å². The van der Waals surface area contributed by atoms with Gasteiger partial charge in [-0.2, -0.15) is 0 Å². The van der Waals surface area contributed by atoms with Gasteiger partial charge >= 0.3 is 0 Å². The van der Waals surface area contributed by atoms with Gasteiger partial charge in [-0.05, 0) is 56.1 Å². The average Bonchev–Trinajstić information content (AvgIpc) is 2.90. The molecule has 1 heterocycles. The van der Waals surface area contributed by atoms with Crippen molar-refractivity contribution in [3.8, 4) is 10.6 Å². The molecule has 114 valence electrons. The molecule has 0 aliphatic rings. The van der Waals surface area contributed by atoms with Gasteiger partial charge in [-0.1, -0.05) is 25.2 Å². The highest BCUT2D eigenvalue weighted by Gasteiger charge is 2.08. The summed E-state index contributed by atoms with van der Waals surface area (Å²) in [6, 6.07) is 5.07. The minimum Gasteiger partial charge on any atom is -0.316 e. The van der Waals surface area contributed by atoms with Crippen molar-refractivity contribution >= 4 is 11.3 Å². The Morgan fingerprint density at radius 3 is 2.81 bits per heavy atom. The smallest absolute Gasteiger partial charge is 0.147 e. The summed E-state index contributed by atoms with van der Waals surface area (Å²) in [5.74, 6) is 0.500. The molecule has 3 nitrogen and oxygen atoms in total. The summed E-state index contributed by atoms with van der Waals surface area (Å²) in [5, 5.41) is 13.8. The number of nitrogens with one attached hydrogen (secondary N) is 1. The quantitative estimate of drug-likeness (QED) is 0.790. The van der Waals surface area contributed by atoms with E-state index in [-0.39, 0.29) is 5.82 Å². The van der Waals surface area contributed by atoms with E-state index in [1.807, 2.05) is 6.07 Å². The van der Waals surface area contributed by atoms with Crippen molar-refractivity contribution in [2.24, 2.45) is 5.92 Å². The largest absolute Gasteiger partial charge is 0.316 e. The van der Waals surface area contributed by atoms with E-state index in [2.05, 4.69) is 29.4 Å². The molecular weight excluding hydrogens is 285 g/mol. The number of benzene rings is 1. The second-order valence-corrected chi connectivity index (χ2v) is 6.73. The Balaban J connectivity index is 1.87. The lowest BCUT2D eigenvalue weighted by molar-refractivity contribution is 0.542. The van der Waals surface area contributed by atoms with Crippen LogP contribution in [0.1, 0.15) is 30.8 Å². The van der Waals surface area contributed by atoms with E-state index in [0.717, 1.165) is 41.5 Å². The Hall–Kier alpha value is -1.33. The maximum Gasteiger partial charge on any atom is 0.147 e. The predicted octanol–water partition coefficient (Wildman–Crippen LogP) is 3.83. The first-order valence-electron chi connectivity index (χ1n) is 7.36. The monoisotopic (exact) mass is 307 g/mol. The molecule has 5 heteroatoms. The number of hydrogen-bond acceptors (Lipinski definition) is 4. The molecule has 0 amide bonds. The van der Waals surface area contributed by atoms with Crippen LogP contribution in [0.5, 0.6) is 0 Å². The van der Waals surface area contributed by atoms with Crippen LogP contribution >= 0.6 is 11.3 Å². The first-order chi connectivity index (χ1) is 10.1. The van der Waals surface area contributed by atoms with E-state index < -0.39 is 0 Å². The number of halogens is 1. The van der Waals surface area contributed by atoms with Gasteiger partial charge in [0.05, 0.1) is 0 Å². The summed E-state index contributed by atoms with van der Waals surface area (Å²) < 4.78 is 13.3. The van der Waals surface area contributed by atoms with Crippen molar-refractivity contribution < 1.29 is 4.39 Å². The van der Waals surface area contributed by atoms with Gasteiger partial charge in [0, 0.05) is 12.0 Å². The van der Waals surface area contributed by atoms with Gasteiger partial charge in [0.15, 0.2) is 0 Å². The molecule has 0 aliphatic carbocycles. The van der Waals surface area contributed by atoms with Crippen LogP contribution in [0.25, 0.3) is 10.6 Å². The molecule has 0 unspecified atom stereocenters. The second kappa shape index (κ2) is 7.61. The first-order valence-corrected chi connectivity index (χ1v) is 8.17. The summed E-state index contributed by atoms with van der Waals surface area (Å²) in [4.78, 5) is 0. The minimum absolute atomic E-state index is 0.181. The van der Waals surface area contributed by atoms with Crippen molar-refractivity contribution in [3.05, 3.63) is 34.6 Å². The third kappa shape index (κ3) is 4.86. The van der Waals surface area contributed by atoms with Crippen LogP contribution in [0.4, 0.5) is 4.39 Å². The maximum absolute atomic E-state index is 13.3. The Morgan fingerprint density at radius 2 is 2.10 bits per heavy atom. The van der Waals surface area contributed by atoms with Crippen LogP contribution in [0.3, 0.4) is 0 Å². The molecule has 0 saturated heterocycles. The van der Waals surface area contributed by atoms with E-state index in [9.17, 15) is 4.39 Å². The van der Waals surface area contributed by atoms with Crippen molar-refractivity contribution in [2.75, 3.05) is 13.1 Å². The van der Waals surface area contributed by atoms with Crippen molar-refractivity contribution in [1.82, 2.24) is 15.5 Å². The summed E-state index contributed by atoms with van der Waals surface area (Å²) in [6.45, 7) is 8.23. The normalized spacial score (nSPS) is 11.3. The van der Waals surface area contributed by atoms with Crippen LogP contribution in [0, 0.1) is 18.7 Å². The molecule has 0 atom stereocenters. The van der Waals surface area contributed by atoms with Gasteiger partial charge in [0.1, 0.15) is 15.8 Å². The predicted molar refractivity (Wildman–Crippen MR) is 86.1 cm³/mol. The fourth-order valence-corrected chi connectivity index (χ4v) is 2.88. The maximum atomic E-state index is 13.3. The standard InChI is InChI=1S/C16H22FN3S/c1-11(2)10-18-8-4-5-15-19-20-16(21-15)13-6-7-14(17)12(3)9-13/h6-7,9,11,18H,4-5,8,10H2,1-3H3. The van der Waals surface area contributed by atoms with E-state index in [0.29, 0.717) is 11.5 Å². The van der Waals surface area contributed by atoms with Crippen LogP contribution in [0.15, 0.2) is 18.2 Å². The molecule has 2 aromatic rings. The van der Waals surface area contributed by atoms with Gasteiger partial charge in [-0.3, -0.25) is 0 Å². The van der Waals surface area contributed by atoms with Crippen LogP contribution < -0.4 is 5.32 Å². The Labute approximate surface area is 129 Å². The number of aromatic nitrogens is 2. The van der Waals surface area contributed by atoms with Gasteiger partial charge in [-0.25, -0.2) is 4.39 Å². The molecule has 0 radical (unpaired) electrons. The summed E-state index contributed by atoms with van der Waals surface area (Å²) in [5.41, 5.74) is 1.58. The highest BCUT2D eigenvalue weighted by atomic mass is 32.1. The molecule has 0 spiro atoms. The number of aryl methyl sites for hydroxylation is 2. The van der Waals surface area contributed by atoms with Crippen LogP contribution in [0.2, 0.25) is 0 Å². The third-order valence-electron chi connectivity index (χ3n) is 3.17. The molecule has 21 heavy (non-hydrogen) atoms. The number of rotatable bonds is 7. The molecule has 2 rings (SSSR count). The van der Waals surface area contributed by atoms with E-state index in [1.54, 1.807) is 24.3 Å². The third-order valence-corrected chi connectivity index (χ3v) is 4.20. The van der Waals surface area contributed by atoms with E-state index in [1.165, 1.54) is 6.07 Å². The molecule has 0 saturated carbocycles. The van der Waals surface area contributed by atoms with Crippen LogP contribution in [-0.2, 0) is 6.42 Å². The Morgan fingerprint density at radius 1 is 1.29 bits per heavy atom. The Kier molecular flexibility index (Phi) is 5.82. The molecule has 0 bridgehead atoms. The minimum atomic E-state index is -0.181. The van der Waals surface area contributed by atoms with Crippen molar-refractivity contribution in [3.63, 3.8) is 0 Å². The van der Waals surface area contributed by atoms with E-state index in [4.69, 9.17) is 0 Å². The topological polar surface area (TPSA) is 37.8 Å². The highest BCUT2D eigenvalue weighted by molar-refractivity contribution is 7.14. The van der Waals surface area contributed by atoms with Gasteiger partial charge in [-0.15, -0.1) is 10.2 Å². The van der Waals surface area contributed by atoms with Crippen LogP contribution in [-0.4, -0.2) is 23.3 Å². The summed E-state index contributed by atoms with van der Waals surface area (Å²) in [7, 11) is 0. The molecule has 0 aliphatic heterocycles. The SMILES string of the molecule is Cc1cc(-c2nnc(CCCNCC(C)C)s2)ccc1F. The molecule has 1 aromatic carbocycles. The lowest BCUT2D eigenvalue weighted by Gasteiger charge is -2.05. The molecule has 1 aromatic heterocycles.